The van der Waals surface area contributed by atoms with Crippen LogP contribution in [0.15, 0.2) is 18.2 Å². The Balaban J connectivity index is 2.90. The SMILES string of the molecule is CCN(CC(C)C#N)C(=O)c1ccc(I)c(O)c1. The molecule has 0 saturated heterocycles. The largest absolute Gasteiger partial charge is 0.507 e. The summed E-state index contributed by atoms with van der Waals surface area (Å²) in [6.45, 7) is 4.59. The molecule has 0 aliphatic rings. The van der Waals surface area contributed by atoms with Gasteiger partial charge in [-0.2, -0.15) is 5.26 Å². The summed E-state index contributed by atoms with van der Waals surface area (Å²) in [6, 6.07) is 6.96. The van der Waals surface area contributed by atoms with Crippen LogP contribution in [0.2, 0.25) is 0 Å². The van der Waals surface area contributed by atoms with Gasteiger partial charge in [0.15, 0.2) is 0 Å². The summed E-state index contributed by atoms with van der Waals surface area (Å²) in [6.07, 6.45) is 0. The number of amides is 1. The average Bonchev–Trinajstić information content (AvgIpc) is 2.38. The number of benzene rings is 1. The summed E-state index contributed by atoms with van der Waals surface area (Å²) in [5.41, 5.74) is 0.444. The van der Waals surface area contributed by atoms with Gasteiger partial charge in [-0.05, 0) is 54.6 Å². The molecule has 1 aromatic rings. The molecule has 18 heavy (non-hydrogen) atoms. The standard InChI is InChI=1S/C13H15IN2O2/c1-3-16(8-9(2)7-15)13(18)10-4-5-11(14)12(17)6-10/h4-6,9,17H,3,8H2,1-2H3. The molecule has 4 nitrogen and oxygen atoms in total. The molecule has 0 fully saturated rings. The summed E-state index contributed by atoms with van der Waals surface area (Å²) in [7, 11) is 0. The molecule has 1 aromatic carbocycles. The van der Waals surface area contributed by atoms with E-state index >= 15 is 0 Å². The number of phenolic OH excluding ortho intramolecular Hbond substituents is 1. The van der Waals surface area contributed by atoms with Crippen molar-refractivity contribution in [1.82, 2.24) is 4.90 Å². The van der Waals surface area contributed by atoms with Gasteiger partial charge in [-0.15, -0.1) is 0 Å². The highest BCUT2D eigenvalue weighted by Crippen LogP contribution is 2.21. The zero-order valence-electron chi connectivity index (χ0n) is 10.4. The highest BCUT2D eigenvalue weighted by Gasteiger charge is 2.17. The van der Waals surface area contributed by atoms with Gasteiger partial charge in [0.05, 0.1) is 15.6 Å². The molecule has 0 bridgehead atoms. The highest BCUT2D eigenvalue weighted by molar-refractivity contribution is 14.1. The van der Waals surface area contributed by atoms with Crippen LogP contribution in [-0.2, 0) is 0 Å². The first-order valence-electron chi connectivity index (χ1n) is 5.67. The van der Waals surface area contributed by atoms with Crippen molar-refractivity contribution in [2.45, 2.75) is 13.8 Å². The molecular formula is C13H15IN2O2. The molecule has 5 heteroatoms. The molecule has 1 amide bonds. The lowest BCUT2D eigenvalue weighted by atomic mass is 10.1. The monoisotopic (exact) mass is 358 g/mol. The summed E-state index contributed by atoms with van der Waals surface area (Å²) >= 11 is 2.00. The number of hydrogen-bond donors (Lipinski definition) is 1. The van der Waals surface area contributed by atoms with Gasteiger partial charge in [-0.1, -0.05) is 0 Å². The number of carbonyl (C=O) groups excluding carboxylic acids is 1. The summed E-state index contributed by atoms with van der Waals surface area (Å²) in [4.78, 5) is 13.8. The van der Waals surface area contributed by atoms with Crippen LogP contribution in [0.25, 0.3) is 0 Å². The quantitative estimate of drug-likeness (QED) is 0.842. The van der Waals surface area contributed by atoms with Crippen molar-refractivity contribution in [3.63, 3.8) is 0 Å². The fourth-order valence-electron chi connectivity index (χ4n) is 1.56. The fourth-order valence-corrected chi connectivity index (χ4v) is 1.89. The number of halogens is 1. The van der Waals surface area contributed by atoms with E-state index in [1.54, 1.807) is 24.0 Å². The first kappa shape index (κ1) is 14.8. The van der Waals surface area contributed by atoms with Gasteiger partial charge in [0, 0.05) is 18.7 Å². The molecule has 0 aromatic heterocycles. The van der Waals surface area contributed by atoms with Crippen molar-refractivity contribution in [1.29, 1.82) is 5.26 Å². The second kappa shape index (κ2) is 6.59. The predicted octanol–water partition coefficient (Wildman–Crippen LogP) is 2.62. The third-order valence-corrected chi connectivity index (χ3v) is 3.49. The van der Waals surface area contributed by atoms with E-state index in [2.05, 4.69) is 6.07 Å². The van der Waals surface area contributed by atoms with Crippen LogP contribution in [0, 0.1) is 20.8 Å². The predicted molar refractivity (Wildman–Crippen MR) is 77.2 cm³/mol. The molecule has 1 N–H and O–H groups in total. The minimum atomic E-state index is -0.202. The minimum absolute atomic E-state index is 0.103. The lowest BCUT2D eigenvalue weighted by Gasteiger charge is -2.22. The molecule has 0 radical (unpaired) electrons. The highest BCUT2D eigenvalue weighted by atomic mass is 127. The third-order valence-electron chi connectivity index (χ3n) is 2.58. The maximum Gasteiger partial charge on any atom is 0.254 e. The van der Waals surface area contributed by atoms with Crippen molar-refractivity contribution >= 4 is 28.5 Å². The Kier molecular flexibility index (Phi) is 5.41. The molecule has 1 rings (SSSR count). The topological polar surface area (TPSA) is 64.3 Å². The Labute approximate surface area is 120 Å². The van der Waals surface area contributed by atoms with Crippen molar-refractivity contribution in [2.24, 2.45) is 5.92 Å². The lowest BCUT2D eigenvalue weighted by Crippen LogP contribution is -2.34. The van der Waals surface area contributed by atoms with Crippen molar-refractivity contribution in [3.8, 4) is 11.8 Å². The first-order valence-corrected chi connectivity index (χ1v) is 6.74. The van der Waals surface area contributed by atoms with Crippen molar-refractivity contribution in [3.05, 3.63) is 27.3 Å². The van der Waals surface area contributed by atoms with E-state index in [9.17, 15) is 9.90 Å². The second-order valence-corrected chi connectivity index (χ2v) is 5.20. The Morgan fingerprint density at radius 1 is 1.61 bits per heavy atom. The van der Waals surface area contributed by atoms with Crippen LogP contribution in [0.4, 0.5) is 0 Å². The van der Waals surface area contributed by atoms with Crippen molar-refractivity contribution < 1.29 is 9.90 Å². The van der Waals surface area contributed by atoms with Gasteiger partial charge in [-0.25, -0.2) is 0 Å². The Morgan fingerprint density at radius 3 is 2.78 bits per heavy atom. The van der Waals surface area contributed by atoms with Gasteiger partial charge in [0.1, 0.15) is 5.75 Å². The van der Waals surface area contributed by atoms with Gasteiger partial charge < -0.3 is 10.0 Å². The van der Waals surface area contributed by atoms with E-state index in [1.807, 2.05) is 29.5 Å². The van der Waals surface area contributed by atoms with Crippen LogP contribution >= 0.6 is 22.6 Å². The molecule has 0 aliphatic carbocycles. The number of nitriles is 1. The normalized spacial score (nSPS) is 11.7. The van der Waals surface area contributed by atoms with E-state index in [0.29, 0.717) is 22.2 Å². The number of nitrogens with zero attached hydrogens (tertiary/aromatic N) is 2. The van der Waals surface area contributed by atoms with Gasteiger partial charge in [-0.3, -0.25) is 4.79 Å². The number of rotatable bonds is 4. The van der Waals surface area contributed by atoms with Crippen LogP contribution in [0.1, 0.15) is 24.2 Å². The lowest BCUT2D eigenvalue weighted by molar-refractivity contribution is 0.0752. The number of hydrogen-bond acceptors (Lipinski definition) is 3. The molecule has 0 saturated carbocycles. The van der Waals surface area contributed by atoms with Crippen LogP contribution in [0.3, 0.4) is 0 Å². The van der Waals surface area contributed by atoms with E-state index in [0.717, 1.165) is 0 Å². The van der Waals surface area contributed by atoms with Gasteiger partial charge in [0.2, 0.25) is 0 Å². The van der Waals surface area contributed by atoms with E-state index in [-0.39, 0.29) is 17.6 Å². The molecule has 96 valence electrons. The summed E-state index contributed by atoms with van der Waals surface area (Å²) in [5.74, 6) is -0.261. The summed E-state index contributed by atoms with van der Waals surface area (Å²) < 4.78 is 0.706. The Bertz CT molecular complexity index is 482. The first-order chi connectivity index (χ1) is 8.49. The second-order valence-electron chi connectivity index (χ2n) is 4.04. The zero-order valence-corrected chi connectivity index (χ0v) is 12.5. The maximum absolute atomic E-state index is 12.2. The number of phenols is 1. The van der Waals surface area contributed by atoms with E-state index in [1.165, 1.54) is 6.07 Å². The summed E-state index contributed by atoms with van der Waals surface area (Å²) in [5, 5.41) is 18.4. The number of aromatic hydroxyl groups is 1. The van der Waals surface area contributed by atoms with Gasteiger partial charge >= 0.3 is 0 Å². The molecule has 0 spiro atoms. The molecule has 0 aliphatic heterocycles. The molecular weight excluding hydrogens is 343 g/mol. The number of carbonyl (C=O) groups is 1. The Hall–Kier alpha value is -1.29. The fraction of sp³-hybridized carbons (Fsp3) is 0.385. The smallest absolute Gasteiger partial charge is 0.254 e. The van der Waals surface area contributed by atoms with Crippen molar-refractivity contribution in [2.75, 3.05) is 13.1 Å². The minimum Gasteiger partial charge on any atom is -0.507 e. The zero-order chi connectivity index (χ0) is 13.7. The van der Waals surface area contributed by atoms with Gasteiger partial charge in [0.25, 0.3) is 5.91 Å². The van der Waals surface area contributed by atoms with Crippen LogP contribution in [-0.4, -0.2) is 29.0 Å². The third kappa shape index (κ3) is 3.60. The van der Waals surface area contributed by atoms with E-state index in [4.69, 9.17) is 5.26 Å². The van der Waals surface area contributed by atoms with Crippen LogP contribution in [0.5, 0.6) is 5.75 Å². The molecule has 1 atom stereocenters. The molecule has 0 heterocycles. The maximum atomic E-state index is 12.2. The van der Waals surface area contributed by atoms with Crippen LogP contribution < -0.4 is 0 Å². The Morgan fingerprint density at radius 2 is 2.28 bits per heavy atom. The average molecular weight is 358 g/mol. The van der Waals surface area contributed by atoms with E-state index < -0.39 is 0 Å². The molecule has 1 unspecified atom stereocenters.